The maximum absolute atomic E-state index is 13.3. The minimum Gasteiger partial charge on any atom is -0.396 e. The summed E-state index contributed by atoms with van der Waals surface area (Å²) in [7, 11) is 0. The number of rotatable bonds is 6. The summed E-state index contributed by atoms with van der Waals surface area (Å²) in [5, 5.41) is 9.14. The third kappa shape index (κ3) is 4.05. The molecule has 0 spiro atoms. The molecule has 3 nitrogen and oxygen atoms in total. The van der Waals surface area contributed by atoms with Crippen molar-refractivity contribution < 1.29 is 9.90 Å². The fraction of sp³-hybridized carbons (Fsp3) is 0.391. The van der Waals surface area contributed by atoms with Crippen LogP contribution in [0.25, 0.3) is 0 Å². The number of aryl methyl sites for hydroxylation is 1. The van der Waals surface area contributed by atoms with Gasteiger partial charge in [0.1, 0.15) is 0 Å². The van der Waals surface area contributed by atoms with Gasteiger partial charge in [-0.05, 0) is 49.3 Å². The summed E-state index contributed by atoms with van der Waals surface area (Å²) in [6, 6.07) is 16.0. The number of carbonyl (C=O) groups is 1. The van der Waals surface area contributed by atoms with E-state index in [1.54, 1.807) is 0 Å². The van der Waals surface area contributed by atoms with E-state index in [0.29, 0.717) is 0 Å². The Hall–Kier alpha value is -1.97. The van der Waals surface area contributed by atoms with Crippen LogP contribution in [-0.2, 0) is 0 Å². The molecule has 2 aromatic rings. The van der Waals surface area contributed by atoms with Crippen LogP contribution in [0, 0.1) is 26.2 Å². The molecule has 0 aliphatic carbocycles. The van der Waals surface area contributed by atoms with Gasteiger partial charge in [0, 0.05) is 37.7 Å². The molecule has 1 aliphatic rings. The predicted molar refractivity (Wildman–Crippen MR) is 105 cm³/mol. The number of aliphatic hydroxyl groups is 1. The third-order valence-electron chi connectivity index (χ3n) is 5.54. The van der Waals surface area contributed by atoms with Crippen molar-refractivity contribution in [2.75, 3.05) is 26.2 Å². The minimum atomic E-state index is -0.0923. The molecule has 3 rings (SSSR count). The maximum atomic E-state index is 13.3. The highest BCUT2D eigenvalue weighted by Gasteiger charge is 2.36. The summed E-state index contributed by atoms with van der Waals surface area (Å²) in [6.45, 7) is 6.89. The largest absolute Gasteiger partial charge is 0.396 e. The highest BCUT2D eigenvalue weighted by Crippen LogP contribution is 2.36. The second kappa shape index (κ2) is 8.61. The smallest absolute Gasteiger partial charge is 0.167 e. The Kier molecular flexibility index (Phi) is 6.23. The molecule has 2 atom stereocenters. The number of ketones is 1. The van der Waals surface area contributed by atoms with Gasteiger partial charge in [-0.3, -0.25) is 4.79 Å². The molecule has 1 N–H and O–H groups in total. The zero-order valence-corrected chi connectivity index (χ0v) is 15.7. The first kappa shape index (κ1) is 18.8. The van der Waals surface area contributed by atoms with Crippen molar-refractivity contribution in [1.29, 1.82) is 0 Å². The standard InChI is InChI=1S/C23H28NO2/c1-17-8-6-11-20(18(17)2)21-12-14-24(13-7-15-25)16-22(21)23(26)19-9-4-3-5-10-19/h3-6,8-12,21-22,25H,7,13-16H2,1-2H3/t21-,22-/m1/s1. The number of nitrogens with zero attached hydrogens (tertiary/aromatic N) is 1. The summed E-state index contributed by atoms with van der Waals surface area (Å²) in [5.74, 6) is 0.250. The van der Waals surface area contributed by atoms with Crippen LogP contribution in [0.15, 0.2) is 48.5 Å². The van der Waals surface area contributed by atoms with Gasteiger partial charge < -0.3 is 10.0 Å². The molecule has 1 heterocycles. The fourth-order valence-corrected chi connectivity index (χ4v) is 3.91. The Labute approximate surface area is 156 Å². The van der Waals surface area contributed by atoms with Gasteiger partial charge in [0.25, 0.3) is 0 Å². The Morgan fingerprint density at radius 2 is 1.88 bits per heavy atom. The molecule has 1 fully saturated rings. The van der Waals surface area contributed by atoms with E-state index in [1.165, 1.54) is 16.7 Å². The molecule has 2 aromatic carbocycles. The lowest BCUT2D eigenvalue weighted by atomic mass is 9.75. The summed E-state index contributed by atoms with van der Waals surface area (Å²) < 4.78 is 0. The van der Waals surface area contributed by atoms with Crippen molar-refractivity contribution in [1.82, 2.24) is 4.90 Å². The number of likely N-dealkylation sites (tertiary alicyclic amines) is 1. The number of benzene rings is 2. The van der Waals surface area contributed by atoms with Gasteiger partial charge in [0.05, 0.1) is 0 Å². The van der Waals surface area contributed by atoms with Crippen LogP contribution in [-0.4, -0.2) is 42.0 Å². The molecule has 1 saturated heterocycles. The van der Waals surface area contributed by atoms with Gasteiger partial charge in [-0.25, -0.2) is 0 Å². The third-order valence-corrected chi connectivity index (χ3v) is 5.54. The normalized spacial score (nSPS) is 20.9. The topological polar surface area (TPSA) is 40.5 Å². The van der Waals surface area contributed by atoms with E-state index in [2.05, 4.69) is 43.4 Å². The fourth-order valence-electron chi connectivity index (χ4n) is 3.91. The van der Waals surface area contributed by atoms with Crippen LogP contribution in [0.5, 0.6) is 0 Å². The first-order valence-electron chi connectivity index (χ1n) is 9.43. The molecule has 0 amide bonds. The monoisotopic (exact) mass is 350 g/mol. The van der Waals surface area contributed by atoms with Crippen LogP contribution in [0.2, 0.25) is 0 Å². The predicted octanol–water partition coefficient (Wildman–Crippen LogP) is 3.79. The van der Waals surface area contributed by atoms with E-state index in [1.807, 2.05) is 30.3 Å². The molecule has 1 radical (unpaired) electrons. The van der Waals surface area contributed by atoms with Crippen molar-refractivity contribution in [3.63, 3.8) is 0 Å². The molecule has 3 heteroatoms. The lowest BCUT2D eigenvalue weighted by molar-refractivity contribution is 0.0822. The Bertz CT molecular complexity index is 741. The number of aliphatic hydroxyl groups excluding tert-OH is 1. The van der Waals surface area contributed by atoms with Crippen LogP contribution < -0.4 is 0 Å². The number of Topliss-reactive ketones (excluding diaryl/α,β-unsaturated/α-hetero) is 1. The molecular formula is C23H28NO2. The zero-order valence-electron chi connectivity index (χ0n) is 15.7. The number of piperidine rings is 1. The van der Waals surface area contributed by atoms with E-state index < -0.39 is 0 Å². The van der Waals surface area contributed by atoms with Gasteiger partial charge in [-0.2, -0.15) is 0 Å². The first-order valence-corrected chi connectivity index (χ1v) is 9.43. The van der Waals surface area contributed by atoms with E-state index >= 15 is 0 Å². The average Bonchev–Trinajstić information content (AvgIpc) is 2.68. The van der Waals surface area contributed by atoms with Crippen molar-refractivity contribution >= 4 is 5.78 Å². The number of hydrogen-bond donors (Lipinski definition) is 1. The minimum absolute atomic E-state index is 0.0923. The lowest BCUT2D eigenvalue weighted by Gasteiger charge is -2.38. The quantitative estimate of drug-likeness (QED) is 0.806. The Morgan fingerprint density at radius 3 is 2.62 bits per heavy atom. The summed E-state index contributed by atoms with van der Waals surface area (Å²) in [5.41, 5.74) is 4.60. The molecule has 137 valence electrons. The van der Waals surface area contributed by atoms with Crippen molar-refractivity contribution in [2.24, 2.45) is 5.92 Å². The van der Waals surface area contributed by atoms with E-state index in [0.717, 1.165) is 31.6 Å². The summed E-state index contributed by atoms with van der Waals surface area (Å²) in [6.07, 6.45) is 3.03. The van der Waals surface area contributed by atoms with Crippen molar-refractivity contribution in [3.05, 3.63) is 77.2 Å². The van der Waals surface area contributed by atoms with Crippen LogP contribution in [0.3, 0.4) is 0 Å². The van der Waals surface area contributed by atoms with Crippen LogP contribution in [0.4, 0.5) is 0 Å². The maximum Gasteiger partial charge on any atom is 0.167 e. The Balaban J connectivity index is 1.91. The van der Waals surface area contributed by atoms with Gasteiger partial charge in [0.2, 0.25) is 0 Å². The summed E-state index contributed by atoms with van der Waals surface area (Å²) in [4.78, 5) is 15.6. The SMILES string of the molecule is Cc1cccc([C@H]2[CH]CN(CCCO)C[C@H]2C(=O)c2ccccc2)c1C. The van der Waals surface area contributed by atoms with Crippen LogP contribution in [0.1, 0.15) is 39.4 Å². The molecule has 0 bridgehead atoms. The van der Waals surface area contributed by atoms with E-state index in [-0.39, 0.29) is 24.2 Å². The summed E-state index contributed by atoms with van der Waals surface area (Å²) >= 11 is 0. The molecule has 0 unspecified atom stereocenters. The second-order valence-electron chi connectivity index (χ2n) is 7.22. The van der Waals surface area contributed by atoms with Gasteiger partial charge in [-0.1, -0.05) is 48.5 Å². The lowest BCUT2D eigenvalue weighted by Crippen LogP contribution is -2.44. The van der Waals surface area contributed by atoms with E-state index in [9.17, 15) is 4.79 Å². The highest BCUT2D eigenvalue weighted by molar-refractivity contribution is 5.98. The Morgan fingerprint density at radius 1 is 1.12 bits per heavy atom. The zero-order chi connectivity index (χ0) is 18.5. The average molecular weight is 350 g/mol. The van der Waals surface area contributed by atoms with Gasteiger partial charge in [0.15, 0.2) is 5.78 Å². The second-order valence-corrected chi connectivity index (χ2v) is 7.22. The molecule has 26 heavy (non-hydrogen) atoms. The van der Waals surface area contributed by atoms with E-state index in [4.69, 9.17) is 5.11 Å². The van der Waals surface area contributed by atoms with Gasteiger partial charge >= 0.3 is 0 Å². The highest BCUT2D eigenvalue weighted by atomic mass is 16.3. The first-order chi connectivity index (χ1) is 12.6. The van der Waals surface area contributed by atoms with Crippen LogP contribution >= 0.6 is 0 Å². The number of carbonyl (C=O) groups excluding carboxylic acids is 1. The molecule has 0 aromatic heterocycles. The van der Waals surface area contributed by atoms with Gasteiger partial charge in [-0.15, -0.1) is 0 Å². The molecule has 1 aliphatic heterocycles. The molecular weight excluding hydrogens is 322 g/mol. The van der Waals surface area contributed by atoms with Crippen molar-refractivity contribution in [2.45, 2.75) is 26.2 Å². The number of hydrogen-bond acceptors (Lipinski definition) is 3. The van der Waals surface area contributed by atoms with Crippen molar-refractivity contribution in [3.8, 4) is 0 Å². The molecule has 0 saturated carbocycles.